The van der Waals surface area contributed by atoms with Gasteiger partial charge in [0.1, 0.15) is 0 Å². The molecule has 3 aromatic carbocycles. The molecule has 1 aromatic heterocycles. The number of rotatable bonds is 9. The fourth-order valence-corrected chi connectivity index (χ4v) is 6.05. The quantitative estimate of drug-likeness (QED) is 0.259. The molecule has 0 radical (unpaired) electrons. The van der Waals surface area contributed by atoms with E-state index in [1.54, 1.807) is 30.1 Å². The number of fused-ring (bicyclic) bond motifs is 1. The van der Waals surface area contributed by atoms with Crippen LogP contribution in [0.3, 0.4) is 0 Å². The number of halogens is 1. The standard InChI is InChI=1S/C26H26ClN3O3S2/c1-3-4-16-29(2)35(32,33)22-13-10-20(11-14-22)25(31)30(18-19-8-6-5-7-9-19)26-28-23-15-12-21(27)17-24(23)34-26/h5-15,17H,3-4,16,18H2,1-2H3. The molecular weight excluding hydrogens is 502 g/mol. The minimum atomic E-state index is -3.61. The molecule has 182 valence electrons. The summed E-state index contributed by atoms with van der Waals surface area (Å²) >= 11 is 7.53. The SMILES string of the molecule is CCCCN(C)S(=O)(=O)c1ccc(C(=O)N(Cc2ccccc2)c2nc3ccc(Cl)cc3s2)cc1. The Labute approximate surface area is 214 Å². The maximum Gasteiger partial charge on any atom is 0.260 e. The van der Waals surface area contributed by atoms with Crippen LogP contribution >= 0.6 is 22.9 Å². The second-order valence-electron chi connectivity index (χ2n) is 8.19. The summed E-state index contributed by atoms with van der Waals surface area (Å²) in [4.78, 5) is 20.1. The van der Waals surface area contributed by atoms with E-state index in [0.29, 0.717) is 28.8 Å². The molecule has 0 spiro atoms. The van der Waals surface area contributed by atoms with Crippen LogP contribution in [0, 0.1) is 0 Å². The van der Waals surface area contributed by atoms with Crippen molar-refractivity contribution < 1.29 is 13.2 Å². The van der Waals surface area contributed by atoms with Crippen molar-refractivity contribution >= 4 is 54.2 Å². The number of hydrogen-bond donors (Lipinski definition) is 0. The van der Waals surface area contributed by atoms with Crippen LogP contribution in [0.1, 0.15) is 35.7 Å². The third-order valence-electron chi connectivity index (χ3n) is 5.63. The van der Waals surface area contributed by atoms with Gasteiger partial charge in [0.25, 0.3) is 5.91 Å². The van der Waals surface area contributed by atoms with Crippen LogP contribution in [0.4, 0.5) is 5.13 Å². The molecule has 6 nitrogen and oxygen atoms in total. The van der Waals surface area contributed by atoms with Gasteiger partial charge in [-0.2, -0.15) is 0 Å². The summed E-state index contributed by atoms with van der Waals surface area (Å²) in [5.41, 5.74) is 2.10. The van der Waals surface area contributed by atoms with E-state index >= 15 is 0 Å². The highest BCUT2D eigenvalue weighted by Gasteiger charge is 2.24. The minimum Gasteiger partial charge on any atom is -0.279 e. The van der Waals surface area contributed by atoms with Crippen molar-refractivity contribution in [3.63, 3.8) is 0 Å². The van der Waals surface area contributed by atoms with Crippen LogP contribution < -0.4 is 4.90 Å². The second-order valence-corrected chi connectivity index (χ2v) is 11.7. The summed E-state index contributed by atoms with van der Waals surface area (Å²) < 4.78 is 27.9. The highest BCUT2D eigenvalue weighted by atomic mass is 35.5. The van der Waals surface area contributed by atoms with E-state index in [1.165, 1.54) is 27.8 Å². The van der Waals surface area contributed by atoms with E-state index in [4.69, 9.17) is 11.6 Å². The zero-order valence-electron chi connectivity index (χ0n) is 19.5. The van der Waals surface area contributed by atoms with Gasteiger partial charge in [-0.15, -0.1) is 0 Å². The van der Waals surface area contributed by atoms with Crippen molar-refractivity contribution in [2.75, 3.05) is 18.5 Å². The van der Waals surface area contributed by atoms with Crippen LogP contribution in [-0.4, -0.2) is 37.2 Å². The van der Waals surface area contributed by atoms with Gasteiger partial charge in [0.15, 0.2) is 5.13 Å². The summed E-state index contributed by atoms with van der Waals surface area (Å²) in [6, 6.07) is 21.2. The number of aromatic nitrogens is 1. The lowest BCUT2D eigenvalue weighted by atomic mass is 10.1. The van der Waals surface area contributed by atoms with Crippen LogP contribution in [0.2, 0.25) is 5.02 Å². The Kier molecular flexibility index (Phi) is 7.86. The second kappa shape index (κ2) is 10.9. The number of nitrogens with zero attached hydrogens (tertiary/aromatic N) is 3. The fourth-order valence-electron chi connectivity index (χ4n) is 3.60. The average Bonchev–Trinajstić information content (AvgIpc) is 3.29. The van der Waals surface area contributed by atoms with Crippen molar-refractivity contribution in [1.82, 2.24) is 9.29 Å². The van der Waals surface area contributed by atoms with Crippen molar-refractivity contribution in [3.05, 3.63) is 88.9 Å². The number of carbonyl (C=O) groups is 1. The Morgan fingerprint density at radius 1 is 1.03 bits per heavy atom. The van der Waals surface area contributed by atoms with Gasteiger partial charge in [-0.3, -0.25) is 9.69 Å². The van der Waals surface area contributed by atoms with Gasteiger partial charge in [-0.25, -0.2) is 17.7 Å². The molecule has 0 aliphatic carbocycles. The Hall–Kier alpha value is -2.78. The maximum atomic E-state index is 13.6. The topological polar surface area (TPSA) is 70.6 Å². The smallest absolute Gasteiger partial charge is 0.260 e. The van der Waals surface area contributed by atoms with E-state index < -0.39 is 10.0 Å². The molecule has 1 heterocycles. The van der Waals surface area contributed by atoms with E-state index in [1.807, 2.05) is 49.4 Å². The molecule has 0 bridgehead atoms. The van der Waals surface area contributed by atoms with E-state index in [2.05, 4.69) is 4.98 Å². The monoisotopic (exact) mass is 527 g/mol. The number of sulfonamides is 1. The van der Waals surface area contributed by atoms with E-state index in [-0.39, 0.29) is 10.8 Å². The molecule has 0 saturated carbocycles. The van der Waals surface area contributed by atoms with Gasteiger partial charge in [-0.1, -0.05) is 66.6 Å². The number of hydrogen-bond acceptors (Lipinski definition) is 5. The highest BCUT2D eigenvalue weighted by Crippen LogP contribution is 2.32. The van der Waals surface area contributed by atoms with Crippen molar-refractivity contribution in [2.24, 2.45) is 0 Å². The largest absolute Gasteiger partial charge is 0.279 e. The molecule has 9 heteroatoms. The molecule has 0 fully saturated rings. The van der Waals surface area contributed by atoms with Gasteiger partial charge in [0.2, 0.25) is 10.0 Å². The van der Waals surface area contributed by atoms with Crippen LogP contribution in [-0.2, 0) is 16.6 Å². The van der Waals surface area contributed by atoms with Crippen molar-refractivity contribution in [2.45, 2.75) is 31.2 Å². The summed E-state index contributed by atoms with van der Waals surface area (Å²) in [6.07, 6.45) is 1.69. The molecule has 0 unspecified atom stereocenters. The number of amides is 1. The van der Waals surface area contributed by atoms with Crippen LogP contribution in [0.15, 0.2) is 77.7 Å². The first kappa shape index (κ1) is 25.3. The van der Waals surface area contributed by atoms with Gasteiger partial charge in [0.05, 0.1) is 21.7 Å². The highest BCUT2D eigenvalue weighted by molar-refractivity contribution is 7.89. The lowest BCUT2D eigenvalue weighted by Gasteiger charge is -2.21. The number of thiazole rings is 1. The van der Waals surface area contributed by atoms with Gasteiger partial charge >= 0.3 is 0 Å². The molecule has 0 N–H and O–H groups in total. The number of unbranched alkanes of at least 4 members (excludes halogenated alkanes) is 1. The normalized spacial score (nSPS) is 11.8. The molecular formula is C26H26ClN3O3S2. The van der Waals surface area contributed by atoms with Gasteiger partial charge in [0, 0.05) is 24.2 Å². The summed E-state index contributed by atoms with van der Waals surface area (Å²) in [6.45, 7) is 2.79. The molecule has 1 amide bonds. The Morgan fingerprint density at radius 2 is 1.74 bits per heavy atom. The maximum absolute atomic E-state index is 13.6. The summed E-state index contributed by atoms with van der Waals surface area (Å²) in [5, 5.41) is 1.15. The third kappa shape index (κ3) is 5.73. The van der Waals surface area contributed by atoms with Gasteiger partial charge in [-0.05, 0) is 54.4 Å². The van der Waals surface area contributed by atoms with Crippen molar-refractivity contribution in [3.8, 4) is 0 Å². The lowest BCUT2D eigenvalue weighted by molar-refractivity contribution is 0.0985. The number of anilines is 1. The number of carbonyl (C=O) groups excluding carboxylic acids is 1. The zero-order chi connectivity index (χ0) is 25.0. The van der Waals surface area contributed by atoms with E-state index in [9.17, 15) is 13.2 Å². The Morgan fingerprint density at radius 3 is 2.43 bits per heavy atom. The predicted octanol–water partition coefficient (Wildman–Crippen LogP) is 6.22. The molecule has 4 aromatic rings. The molecule has 0 aliphatic heterocycles. The first-order chi connectivity index (χ1) is 16.8. The fraction of sp³-hybridized carbons (Fsp3) is 0.231. The molecule has 0 aliphatic rings. The summed E-state index contributed by atoms with van der Waals surface area (Å²) in [5.74, 6) is -0.262. The van der Waals surface area contributed by atoms with Gasteiger partial charge < -0.3 is 0 Å². The molecule has 4 rings (SSSR count). The van der Waals surface area contributed by atoms with Crippen LogP contribution in [0.5, 0.6) is 0 Å². The van der Waals surface area contributed by atoms with E-state index in [0.717, 1.165) is 28.6 Å². The molecule has 35 heavy (non-hydrogen) atoms. The average molecular weight is 528 g/mol. The molecule has 0 atom stereocenters. The Bertz CT molecular complexity index is 1420. The number of benzene rings is 3. The first-order valence-corrected chi connectivity index (χ1v) is 13.9. The predicted molar refractivity (Wildman–Crippen MR) is 143 cm³/mol. The minimum absolute atomic E-state index is 0.164. The van der Waals surface area contributed by atoms with Crippen molar-refractivity contribution in [1.29, 1.82) is 0 Å². The third-order valence-corrected chi connectivity index (χ3v) is 8.78. The zero-order valence-corrected chi connectivity index (χ0v) is 21.9. The summed E-state index contributed by atoms with van der Waals surface area (Å²) in [7, 11) is -2.04. The van der Waals surface area contributed by atoms with Crippen LogP contribution in [0.25, 0.3) is 10.2 Å². The first-order valence-electron chi connectivity index (χ1n) is 11.3. The lowest BCUT2D eigenvalue weighted by Crippen LogP contribution is -2.30. The Balaban J connectivity index is 1.66. The molecule has 0 saturated heterocycles.